The van der Waals surface area contributed by atoms with Gasteiger partial charge in [-0.3, -0.25) is 4.40 Å². The number of rotatable bonds is 4. The van der Waals surface area contributed by atoms with Gasteiger partial charge in [0.1, 0.15) is 17.4 Å². The maximum absolute atomic E-state index is 10.4. The summed E-state index contributed by atoms with van der Waals surface area (Å²) in [7, 11) is 0. The second-order valence-electron chi connectivity index (χ2n) is 5.51. The largest absolute Gasteiger partial charge is 0.510 e. The normalized spacial score (nSPS) is 12.3. The highest BCUT2D eigenvalue weighted by Gasteiger charge is 2.16. The molecule has 0 atom stereocenters. The summed E-state index contributed by atoms with van der Waals surface area (Å²) < 4.78 is 1.63. The maximum Gasteiger partial charge on any atom is 0.196 e. The number of allylic oxidation sites excluding steroid dienone is 1. The summed E-state index contributed by atoms with van der Waals surface area (Å²) in [5.41, 5.74) is 2.04. The van der Waals surface area contributed by atoms with Crippen molar-refractivity contribution >= 4 is 57.2 Å². The number of fused-ring (bicyclic) bond motifs is 2. The first-order chi connectivity index (χ1) is 13.1. The zero-order valence-electron chi connectivity index (χ0n) is 13.5. The number of pyridine rings is 1. The van der Waals surface area contributed by atoms with Crippen LogP contribution in [-0.2, 0) is 0 Å². The van der Waals surface area contributed by atoms with Gasteiger partial charge in [0, 0.05) is 6.20 Å². The Morgan fingerprint density at radius 2 is 2.11 bits per heavy atom. The van der Waals surface area contributed by atoms with Gasteiger partial charge in [0.05, 0.1) is 26.8 Å². The van der Waals surface area contributed by atoms with Crippen molar-refractivity contribution in [2.75, 3.05) is 5.75 Å². The standard InChI is InChI=1S/C17H10Cl2N6OS/c18-9-5-11(19)16-23-24-17(25(16)7-9)27-8-14(26)10(6-20)15-21-12-3-1-2-4-13(12)22-15/h1-5,7,26H,8H2,(H,21,22). The highest BCUT2D eigenvalue weighted by Crippen LogP contribution is 2.27. The molecule has 27 heavy (non-hydrogen) atoms. The topological polar surface area (TPSA) is 103 Å². The molecule has 0 unspecified atom stereocenters. The quantitative estimate of drug-likeness (QED) is 0.288. The Morgan fingerprint density at radius 3 is 2.89 bits per heavy atom. The number of thioether (sulfide) groups is 1. The second kappa shape index (κ2) is 7.12. The summed E-state index contributed by atoms with van der Waals surface area (Å²) in [6.45, 7) is 0. The molecule has 0 fully saturated rings. The molecule has 0 amide bonds. The Hall–Kier alpha value is -2.73. The predicted molar refractivity (Wildman–Crippen MR) is 105 cm³/mol. The van der Waals surface area contributed by atoms with Crippen LogP contribution < -0.4 is 0 Å². The molecule has 4 aromatic rings. The lowest BCUT2D eigenvalue weighted by Crippen LogP contribution is -1.96. The minimum absolute atomic E-state index is 0.0728. The molecule has 0 saturated heterocycles. The Kier molecular flexibility index (Phi) is 4.66. The summed E-state index contributed by atoms with van der Waals surface area (Å²) >= 11 is 13.3. The van der Waals surface area contributed by atoms with Crippen LogP contribution in [0.3, 0.4) is 0 Å². The number of imidazole rings is 1. The SMILES string of the molecule is N#CC(=C(O)CSc1nnc2c(Cl)cc(Cl)cn12)c1nc2ccccc2[nH]1. The molecular formula is C17H10Cl2N6OS. The van der Waals surface area contributed by atoms with Gasteiger partial charge in [0.15, 0.2) is 16.6 Å². The third-order valence-electron chi connectivity index (χ3n) is 3.76. The number of aromatic amines is 1. The monoisotopic (exact) mass is 416 g/mol. The van der Waals surface area contributed by atoms with Crippen molar-refractivity contribution in [2.45, 2.75) is 5.16 Å². The summed E-state index contributed by atoms with van der Waals surface area (Å²) in [5, 5.41) is 29.3. The van der Waals surface area contributed by atoms with E-state index in [1.807, 2.05) is 30.3 Å². The average Bonchev–Trinajstić information content (AvgIpc) is 3.24. The van der Waals surface area contributed by atoms with E-state index in [0.29, 0.717) is 32.2 Å². The van der Waals surface area contributed by atoms with Gasteiger partial charge < -0.3 is 10.1 Å². The molecule has 0 saturated carbocycles. The number of hydrogen-bond acceptors (Lipinski definition) is 6. The summed E-state index contributed by atoms with van der Waals surface area (Å²) in [4.78, 5) is 7.39. The first kappa shape index (κ1) is 17.7. The molecule has 2 N–H and O–H groups in total. The third kappa shape index (κ3) is 3.32. The Morgan fingerprint density at radius 1 is 1.30 bits per heavy atom. The smallest absolute Gasteiger partial charge is 0.196 e. The van der Waals surface area contributed by atoms with Crippen molar-refractivity contribution in [3.05, 3.63) is 58.2 Å². The summed E-state index contributed by atoms with van der Waals surface area (Å²) in [5.74, 6) is 0.297. The first-order valence-electron chi connectivity index (χ1n) is 7.66. The number of para-hydroxylation sites is 2. The van der Waals surface area contributed by atoms with Crippen LogP contribution in [0.4, 0.5) is 0 Å². The molecule has 3 aromatic heterocycles. The molecule has 10 heteroatoms. The molecule has 7 nitrogen and oxygen atoms in total. The Labute approximate surface area is 167 Å². The zero-order valence-corrected chi connectivity index (χ0v) is 15.8. The van der Waals surface area contributed by atoms with Gasteiger partial charge in [-0.25, -0.2) is 4.98 Å². The Balaban J connectivity index is 1.64. The van der Waals surface area contributed by atoms with Gasteiger partial charge in [0.2, 0.25) is 0 Å². The lowest BCUT2D eigenvalue weighted by molar-refractivity contribution is 0.420. The van der Waals surface area contributed by atoms with Gasteiger partial charge >= 0.3 is 0 Å². The fraction of sp³-hybridized carbons (Fsp3) is 0.0588. The van der Waals surface area contributed by atoms with Crippen molar-refractivity contribution in [3.8, 4) is 6.07 Å². The Bertz CT molecular complexity index is 1210. The number of aromatic nitrogens is 5. The molecule has 1 aromatic carbocycles. The van der Waals surface area contributed by atoms with E-state index in [-0.39, 0.29) is 17.1 Å². The number of aliphatic hydroxyl groups excluding tert-OH is 1. The van der Waals surface area contributed by atoms with E-state index < -0.39 is 0 Å². The molecule has 134 valence electrons. The van der Waals surface area contributed by atoms with Gasteiger partial charge in [0.25, 0.3) is 0 Å². The lowest BCUT2D eigenvalue weighted by atomic mass is 10.2. The minimum Gasteiger partial charge on any atom is -0.510 e. The zero-order chi connectivity index (χ0) is 19.0. The fourth-order valence-corrected chi connectivity index (χ4v) is 3.83. The number of hydrogen-bond donors (Lipinski definition) is 2. The van der Waals surface area contributed by atoms with Crippen LogP contribution in [0.1, 0.15) is 5.82 Å². The van der Waals surface area contributed by atoms with E-state index in [1.54, 1.807) is 16.7 Å². The highest BCUT2D eigenvalue weighted by atomic mass is 35.5. The number of H-pyrrole nitrogens is 1. The number of nitrogens with one attached hydrogen (secondary N) is 1. The van der Waals surface area contributed by atoms with Crippen LogP contribution in [0, 0.1) is 11.3 Å². The molecule has 0 aliphatic rings. The number of benzene rings is 1. The predicted octanol–water partition coefficient (Wildman–Crippen LogP) is 4.50. The van der Waals surface area contributed by atoms with E-state index in [0.717, 1.165) is 5.52 Å². The molecule has 0 spiro atoms. The number of nitrogens with zero attached hydrogens (tertiary/aromatic N) is 5. The van der Waals surface area contributed by atoms with Crippen LogP contribution in [0.2, 0.25) is 10.0 Å². The van der Waals surface area contributed by atoms with E-state index in [1.165, 1.54) is 11.8 Å². The van der Waals surface area contributed by atoms with Crippen LogP contribution in [-0.4, -0.2) is 35.4 Å². The maximum atomic E-state index is 10.4. The molecule has 0 aliphatic heterocycles. The molecule has 0 aliphatic carbocycles. The lowest BCUT2D eigenvalue weighted by Gasteiger charge is -2.03. The van der Waals surface area contributed by atoms with Gasteiger partial charge in [-0.05, 0) is 18.2 Å². The van der Waals surface area contributed by atoms with Crippen LogP contribution in [0.25, 0.3) is 22.3 Å². The molecule has 0 bridgehead atoms. The van der Waals surface area contributed by atoms with Crippen LogP contribution in [0.5, 0.6) is 0 Å². The van der Waals surface area contributed by atoms with Gasteiger partial charge in [-0.2, -0.15) is 5.26 Å². The van der Waals surface area contributed by atoms with Gasteiger partial charge in [-0.15, -0.1) is 10.2 Å². The third-order valence-corrected chi connectivity index (χ3v) is 5.20. The van der Waals surface area contributed by atoms with Crippen molar-refractivity contribution in [2.24, 2.45) is 0 Å². The number of nitriles is 1. The molecular weight excluding hydrogens is 407 g/mol. The highest BCUT2D eigenvalue weighted by molar-refractivity contribution is 7.99. The van der Waals surface area contributed by atoms with E-state index in [9.17, 15) is 10.4 Å². The molecule has 0 radical (unpaired) electrons. The van der Waals surface area contributed by atoms with E-state index >= 15 is 0 Å². The fourth-order valence-electron chi connectivity index (χ4n) is 2.53. The first-order valence-corrected chi connectivity index (χ1v) is 9.41. The van der Waals surface area contributed by atoms with Crippen molar-refractivity contribution < 1.29 is 5.11 Å². The van der Waals surface area contributed by atoms with Crippen molar-refractivity contribution in [1.29, 1.82) is 5.26 Å². The number of aliphatic hydroxyl groups is 1. The molecule has 3 heterocycles. The second-order valence-corrected chi connectivity index (χ2v) is 7.29. The van der Waals surface area contributed by atoms with Gasteiger partial charge in [-0.1, -0.05) is 47.1 Å². The van der Waals surface area contributed by atoms with Crippen LogP contribution >= 0.6 is 35.0 Å². The number of halogens is 2. The average molecular weight is 417 g/mol. The minimum atomic E-state index is -0.119. The van der Waals surface area contributed by atoms with Crippen LogP contribution in [0.15, 0.2) is 47.4 Å². The summed E-state index contributed by atoms with van der Waals surface area (Å²) in [6.07, 6.45) is 1.64. The van der Waals surface area contributed by atoms with Crippen molar-refractivity contribution in [1.82, 2.24) is 24.6 Å². The summed E-state index contributed by atoms with van der Waals surface area (Å²) in [6, 6.07) is 11.0. The molecule has 4 rings (SSSR count). The van der Waals surface area contributed by atoms with E-state index in [2.05, 4.69) is 20.2 Å². The van der Waals surface area contributed by atoms with E-state index in [4.69, 9.17) is 23.2 Å². The van der Waals surface area contributed by atoms with Crippen molar-refractivity contribution in [3.63, 3.8) is 0 Å².